The van der Waals surface area contributed by atoms with Gasteiger partial charge in [0.15, 0.2) is 0 Å². The first-order valence-corrected chi connectivity index (χ1v) is 16.4. The number of nitrogens with zero attached hydrogens (tertiary/aromatic N) is 3. The van der Waals surface area contributed by atoms with Gasteiger partial charge in [-0.25, -0.2) is 4.79 Å². The lowest BCUT2D eigenvalue weighted by Gasteiger charge is -2.32. The van der Waals surface area contributed by atoms with Crippen LogP contribution in [0.3, 0.4) is 0 Å². The Labute approximate surface area is 267 Å². The number of anilines is 1. The molecule has 0 unspecified atom stereocenters. The van der Waals surface area contributed by atoms with Gasteiger partial charge in [0.1, 0.15) is 6.10 Å². The molecule has 0 bridgehead atoms. The van der Waals surface area contributed by atoms with Crippen molar-refractivity contribution in [3.8, 4) is 11.1 Å². The van der Waals surface area contributed by atoms with Crippen LogP contribution in [0, 0.1) is 0 Å². The van der Waals surface area contributed by atoms with Crippen molar-refractivity contribution in [3.63, 3.8) is 0 Å². The zero-order valence-electron chi connectivity index (χ0n) is 26.7. The van der Waals surface area contributed by atoms with E-state index in [0.29, 0.717) is 17.7 Å². The highest BCUT2D eigenvalue weighted by Crippen LogP contribution is 2.28. The minimum atomic E-state index is -0.387. The van der Waals surface area contributed by atoms with Gasteiger partial charge < -0.3 is 14.1 Å². The van der Waals surface area contributed by atoms with Gasteiger partial charge in [-0.15, -0.1) is 0 Å². The van der Waals surface area contributed by atoms with E-state index >= 15 is 0 Å². The van der Waals surface area contributed by atoms with Crippen molar-refractivity contribution in [2.75, 3.05) is 58.7 Å². The van der Waals surface area contributed by atoms with Gasteiger partial charge >= 0.3 is 6.09 Å². The Morgan fingerprint density at radius 1 is 0.733 bits per heavy atom. The highest BCUT2D eigenvalue weighted by molar-refractivity contribution is 6.21. The lowest BCUT2D eigenvalue weighted by molar-refractivity contribution is -0.889. The Bertz CT molecular complexity index is 1410. The second-order valence-electron chi connectivity index (χ2n) is 12.9. The van der Waals surface area contributed by atoms with E-state index in [-0.39, 0.29) is 24.0 Å². The molecule has 3 aromatic carbocycles. The van der Waals surface area contributed by atoms with Crippen molar-refractivity contribution in [1.82, 2.24) is 9.80 Å². The third kappa shape index (κ3) is 8.80. The number of hydrogen-bond acceptors (Lipinski definition) is 5. The molecule has 0 aromatic heterocycles. The van der Waals surface area contributed by atoms with E-state index < -0.39 is 0 Å². The number of amides is 3. The van der Waals surface area contributed by atoms with E-state index in [9.17, 15) is 14.4 Å². The summed E-state index contributed by atoms with van der Waals surface area (Å²) in [5.41, 5.74) is 3.84. The number of fused-ring (bicyclic) bond motifs is 1. The van der Waals surface area contributed by atoms with Crippen molar-refractivity contribution >= 4 is 23.6 Å². The largest absolute Gasteiger partial charge is 0.446 e. The molecule has 0 radical (unpaired) electrons. The predicted octanol–water partition coefficient (Wildman–Crippen LogP) is 6.69. The summed E-state index contributed by atoms with van der Waals surface area (Å²) in [7, 11) is 4.36. The number of benzene rings is 3. The van der Waals surface area contributed by atoms with Crippen LogP contribution in [0.1, 0.15) is 65.7 Å². The molecule has 45 heavy (non-hydrogen) atoms. The van der Waals surface area contributed by atoms with Gasteiger partial charge in [0, 0.05) is 18.7 Å². The number of para-hydroxylation sites is 1. The van der Waals surface area contributed by atoms with Crippen molar-refractivity contribution < 1.29 is 23.6 Å². The first-order chi connectivity index (χ1) is 21.8. The quantitative estimate of drug-likeness (QED) is 0.125. The van der Waals surface area contributed by atoms with Crippen molar-refractivity contribution in [3.05, 3.63) is 90.0 Å². The van der Waals surface area contributed by atoms with Crippen LogP contribution in [0.15, 0.2) is 78.9 Å². The van der Waals surface area contributed by atoms with Gasteiger partial charge in [0.05, 0.1) is 50.5 Å². The van der Waals surface area contributed by atoms with Crippen molar-refractivity contribution in [2.24, 2.45) is 0 Å². The molecule has 8 nitrogen and oxygen atoms in total. The third-order valence-corrected chi connectivity index (χ3v) is 9.10. The summed E-state index contributed by atoms with van der Waals surface area (Å²) in [5, 5.41) is 2.96. The molecule has 2 aliphatic rings. The molecule has 2 heterocycles. The Hall–Kier alpha value is -4.01. The first-order valence-electron chi connectivity index (χ1n) is 16.4. The maximum atomic E-state index is 12.7. The van der Waals surface area contributed by atoms with Crippen molar-refractivity contribution in [1.29, 1.82) is 0 Å². The molecule has 0 saturated carbocycles. The van der Waals surface area contributed by atoms with Crippen molar-refractivity contribution in [2.45, 2.75) is 51.0 Å². The van der Waals surface area contributed by atoms with E-state index in [0.717, 1.165) is 73.3 Å². The molecule has 8 heteroatoms. The number of nitrogens with one attached hydrogen (secondary N) is 1. The second kappa shape index (κ2) is 15.3. The van der Waals surface area contributed by atoms with Crippen LogP contribution < -0.4 is 5.32 Å². The van der Waals surface area contributed by atoms with E-state index in [1.54, 1.807) is 12.1 Å². The number of piperidine rings is 1. The topological polar surface area (TPSA) is 79.0 Å². The van der Waals surface area contributed by atoms with Crippen LogP contribution in [-0.4, -0.2) is 91.7 Å². The maximum Gasteiger partial charge on any atom is 0.411 e. The highest BCUT2D eigenvalue weighted by atomic mass is 16.6. The summed E-state index contributed by atoms with van der Waals surface area (Å²) in [6, 6.07) is 24.9. The molecule has 1 N–H and O–H groups in total. The monoisotopic (exact) mass is 611 g/mol. The number of carbonyl (C=O) groups is 3. The summed E-state index contributed by atoms with van der Waals surface area (Å²) < 4.78 is 6.58. The minimum Gasteiger partial charge on any atom is -0.446 e. The number of hydrogen-bond donors (Lipinski definition) is 1. The molecule has 2 aliphatic heterocycles. The average Bonchev–Trinajstić information content (AvgIpc) is 3.29. The number of carbonyl (C=O) groups excluding carboxylic acids is 3. The molecule has 1 fully saturated rings. The fraction of sp³-hybridized carbons (Fsp3) is 0.432. The zero-order chi connectivity index (χ0) is 31.6. The molecule has 3 amide bonds. The minimum absolute atomic E-state index is 0.0522. The molecule has 3 aromatic rings. The van der Waals surface area contributed by atoms with Gasteiger partial charge in [-0.1, -0.05) is 73.5 Å². The molecular weight excluding hydrogens is 564 g/mol. The Morgan fingerprint density at radius 3 is 2.00 bits per heavy atom. The molecule has 0 atom stereocenters. The number of rotatable bonds is 14. The second-order valence-corrected chi connectivity index (χ2v) is 12.9. The normalized spacial score (nSPS) is 15.7. The van der Waals surface area contributed by atoms with Crippen LogP contribution in [0.2, 0.25) is 0 Å². The molecular formula is C37H47N4O4+. The summed E-state index contributed by atoms with van der Waals surface area (Å²) in [4.78, 5) is 41.9. The van der Waals surface area contributed by atoms with Crippen LogP contribution in [-0.2, 0) is 4.74 Å². The summed E-state index contributed by atoms with van der Waals surface area (Å²) in [6.07, 6.45) is 7.21. The third-order valence-electron chi connectivity index (χ3n) is 9.10. The molecule has 1 saturated heterocycles. The maximum absolute atomic E-state index is 12.7. The van der Waals surface area contributed by atoms with Crippen LogP contribution in [0.4, 0.5) is 10.5 Å². The van der Waals surface area contributed by atoms with Crippen LogP contribution >= 0.6 is 0 Å². The Morgan fingerprint density at radius 2 is 1.31 bits per heavy atom. The van der Waals surface area contributed by atoms with Gasteiger partial charge in [-0.05, 0) is 62.4 Å². The van der Waals surface area contributed by atoms with Crippen LogP contribution in [0.25, 0.3) is 11.1 Å². The smallest absolute Gasteiger partial charge is 0.411 e. The lowest BCUT2D eigenvalue weighted by Crippen LogP contribution is -2.47. The number of likely N-dealkylation sites (N-methyl/N-ethyl adjacent to an activating group) is 1. The van der Waals surface area contributed by atoms with Gasteiger partial charge in [0.2, 0.25) is 0 Å². The number of unbranched alkanes of at least 4 members (excludes halogenated alkanes) is 4. The number of likely N-dealkylation sites (tertiary alicyclic amines) is 1. The molecule has 5 rings (SSSR count). The molecule has 0 spiro atoms. The lowest BCUT2D eigenvalue weighted by atomic mass is 10.0. The number of quaternary nitrogens is 1. The Kier molecular flexibility index (Phi) is 11.0. The van der Waals surface area contributed by atoms with E-state index in [4.69, 9.17) is 4.74 Å². The first kappa shape index (κ1) is 32.4. The number of ether oxygens (including phenoxy) is 1. The van der Waals surface area contributed by atoms with Gasteiger partial charge in [-0.3, -0.25) is 19.8 Å². The fourth-order valence-corrected chi connectivity index (χ4v) is 6.33. The molecule has 0 aliphatic carbocycles. The summed E-state index contributed by atoms with van der Waals surface area (Å²) in [5.74, 6) is -0.336. The van der Waals surface area contributed by atoms with Crippen LogP contribution in [0.5, 0.6) is 0 Å². The Balaban J connectivity index is 0.915. The van der Waals surface area contributed by atoms with E-state index in [1.165, 1.54) is 30.6 Å². The zero-order valence-corrected chi connectivity index (χ0v) is 26.7. The van der Waals surface area contributed by atoms with Gasteiger partial charge in [0.25, 0.3) is 11.8 Å². The molecule has 238 valence electrons. The fourth-order valence-electron chi connectivity index (χ4n) is 6.33. The standard InChI is InChI=1S/C37H46N4O4/c1-41(2,28-26-40-35(42)32-18-9-10-19-33(32)36(40)43)27-14-5-3-4-13-23-39-24-21-30(22-25-39)45-37(44)38-34-20-12-11-17-31(34)29-15-7-6-8-16-29/h6-12,15-20,30H,3-5,13-14,21-28H2,1-2H3/p+1. The average molecular weight is 612 g/mol. The highest BCUT2D eigenvalue weighted by Gasteiger charge is 2.36. The van der Waals surface area contributed by atoms with E-state index in [1.807, 2.05) is 66.7 Å². The number of imide groups is 1. The SMILES string of the molecule is C[N+](C)(CCCCCCCN1CCC(OC(=O)Nc2ccccc2-c2ccccc2)CC1)CCN1C(=O)c2ccccc2C1=O. The predicted molar refractivity (Wildman–Crippen MR) is 178 cm³/mol. The summed E-state index contributed by atoms with van der Waals surface area (Å²) >= 11 is 0. The summed E-state index contributed by atoms with van der Waals surface area (Å²) in [6.45, 7) is 5.24. The van der Waals surface area contributed by atoms with E-state index in [2.05, 4.69) is 24.3 Å². The van der Waals surface area contributed by atoms with Gasteiger partial charge in [-0.2, -0.15) is 0 Å².